The molecule has 3 heterocycles. The van der Waals surface area contributed by atoms with Gasteiger partial charge in [-0.05, 0) is 36.4 Å². The second kappa shape index (κ2) is 9.27. The Morgan fingerprint density at radius 1 is 1.12 bits per heavy atom. The number of thiophene rings is 1. The minimum absolute atomic E-state index is 0.0466. The summed E-state index contributed by atoms with van der Waals surface area (Å²) >= 11 is 6.97. The van der Waals surface area contributed by atoms with Crippen LogP contribution in [0.3, 0.4) is 0 Å². The van der Waals surface area contributed by atoms with E-state index in [4.69, 9.17) is 21.1 Å². The summed E-state index contributed by atoms with van der Waals surface area (Å²) in [6.45, 7) is 2.38. The van der Waals surface area contributed by atoms with Gasteiger partial charge in [0.05, 0.1) is 28.9 Å². The summed E-state index contributed by atoms with van der Waals surface area (Å²) < 4.78 is 11.0. The molecular formula is C21H20ClN3O6S. The SMILES string of the molecule is CC(=O)N(C[C@H]1CN(c2ccc(N3CCOCC3=O)cc2)C(=O)O1)C(=O)c1ccc(Cl)s1. The first-order chi connectivity index (χ1) is 15.3. The van der Waals surface area contributed by atoms with Gasteiger partial charge in [-0.15, -0.1) is 11.3 Å². The van der Waals surface area contributed by atoms with Crippen molar-refractivity contribution in [1.29, 1.82) is 0 Å². The highest BCUT2D eigenvalue weighted by Gasteiger charge is 2.36. The molecule has 0 N–H and O–H groups in total. The van der Waals surface area contributed by atoms with Crippen LogP contribution in [0.2, 0.25) is 4.34 Å². The van der Waals surface area contributed by atoms with Gasteiger partial charge in [-0.2, -0.15) is 0 Å². The zero-order valence-corrected chi connectivity index (χ0v) is 18.7. The third-order valence-electron chi connectivity index (χ3n) is 5.13. The van der Waals surface area contributed by atoms with Gasteiger partial charge in [0.15, 0.2) is 0 Å². The van der Waals surface area contributed by atoms with Crippen molar-refractivity contribution in [1.82, 2.24) is 4.90 Å². The van der Waals surface area contributed by atoms with Gasteiger partial charge in [0.2, 0.25) is 5.91 Å². The fraction of sp³-hybridized carbons (Fsp3) is 0.333. The van der Waals surface area contributed by atoms with Crippen molar-refractivity contribution in [2.24, 2.45) is 0 Å². The Morgan fingerprint density at radius 3 is 2.41 bits per heavy atom. The molecule has 1 aromatic carbocycles. The highest BCUT2D eigenvalue weighted by atomic mass is 35.5. The lowest BCUT2D eigenvalue weighted by atomic mass is 10.2. The quantitative estimate of drug-likeness (QED) is 0.657. The normalized spacial score (nSPS) is 18.6. The average Bonchev–Trinajstić information content (AvgIpc) is 3.37. The summed E-state index contributed by atoms with van der Waals surface area (Å²) in [5.74, 6) is -1.05. The number of ether oxygens (including phenoxy) is 2. The molecule has 0 spiro atoms. The van der Waals surface area contributed by atoms with Crippen LogP contribution < -0.4 is 9.80 Å². The zero-order chi connectivity index (χ0) is 22.8. The lowest BCUT2D eigenvalue weighted by Gasteiger charge is -2.27. The molecule has 1 atom stereocenters. The number of morpholine rings is 1. The molecule has 168 valence electrons. The van der Waals surface area contributed by atoms with Crippen molar-refractivity contribution in [2.75, 3.05) is 42.6 Å². The molecule has 4 rings (SSSR count). The Morgan fingerprint density at radius 2 is 1.81 bits per heavy atom. The van der Waals surface area contributed by atoms with Crippen molar-refractivity contribution in [3.8, 4) is 0 Å². The Hall–Kier alpha value is -2.95. The lowest BCUT2D eigenvalue weighted by molar-refractivity contribution is -0.127. The number of cyclic esters (lactones) is 1. The van der Waals surface area contributed by atoms with Gasteiger partial charge < -0.3 is 14.4 Å². The van der Waals surface area contributed by atoms with Crippen LogP contribution in [0.1, 0.15) is 16.6 Å². The summed E-state index contributed by atoms with van der Waals surface area (Å²) in [5.41, 5.74) is 1.31. The van der Waals surface area contributed by atoms with E-state index >= 15 is 0 Å². The van der Waals surface area contributed by atoms with E-state index in [9.17, 15) is 19.2 Å². The molecule has 2 aromatic rings. The molecule has 0 unspecified atom stereocenters. The summed E-state index contributed by atoms with van der Waals surface area (Å²) in [5, 5.41) is 0. The van der Waals surface area contributed by atoms with E-state index < -0.39 is 24.0 Å². The third kappa shape index (κ3) is 4.62. The number of imide groups is 1. The predicted molar refractivity (Wildman–Crippen MR) is 118 cm³/mol. The van der Waals surface area contributed by atoms with Crippen molar-refractivity contribution in [2.45, 2.75) is 13.0 Å². The molecule has 2 saturated heterocycles. The van der Waals surface area contributed by atoms with Gasteiger partial charge in [-0.3, -0.25) is 24.2 Å². The molecule has 0 bridgehead atoms. The first-order valence-electron chi connectivity index (χ1n) is 9.87. The fourth-order valence-corrected chi connectivity index (χ4v) is 4.54. The molecule has 2 fully saturated rings. The Labute approximate surface area is 193 Å². The van der Waals surface area contributed by atoms with Gasteiger partial charge >= 0.3 is 6.09 Å². The minimum atomic E-state index is -0.675. The second-order valence-corrected chi connectivity index (χ2v) is 8.98. The van der Waals surface area contributed by atoms with Crippen molar-refractivity contribution in [3.63, 3.8) is 0 Å². The van der Waals surface area contributed by atoms with E-state index in [2.05, 4.69) is 0 Å². The first kappa shape index (κ1) is 22.3. The Kier molecular flexibility index (Phi) is 6.45. The summed E-state index contributed by atoms with van der Waals surface area (Å²) in [6, 6.07) is 10.1. The van der Waals surface area contributed by atoms with Crippen molar-refractivity contribution >= 4 is 58.1 Å². The number of carbonyl (C=O) groups is 4. The van der Waals surface area contributed by atoms with Gasteiger partial charge in [0.1, 0.15) is 12.7 Å². The zero-order valence-electron chi connectivity index (χ0n) is 17.2. The minimum Gasteiger partial charge on any atom is -0.442 e. The fourth-order valence-electron chi connectivity index (χ4n) is 3.55. The van der Waals surface area contributed by atoms with Crippen LogP contribution in [0.15, 0.2) is 36.4 Å². The topological polar surface area (TPSA) is 96.5 Å². The third-order valence-corrected chi connectivity index (χ3v) is 6.35. The number of rotatable bonds is 5. The van der Waals surface area contributed by atoms with Crippen LogP contribution in [-0.4, -0.2) is 67.7 Å². The molecule has 2 aliphatic heterocycles. The van der Waals surface area contributed by atoms with Crippen LogP contribution in [0.25, 0.3) is 0 Å². The van der Waals surface area contributed by atoms with Gasteiger partial charge in [0, 0.05) is 24.8 Å². The number of halogens is 1. The van der Waals surface area contributed by atoms with Crippen LogP contribution in [0.5, 0.6) is 0 Å². The molecule has 9 nitrogen and oxygen atoms in total. The lowest BCUT2D eigenvalue weighted by Crippen LogP contribution is -2.42. The monoisotopic (exact) mass is 477 g/mol. The van der Waals surface area contributed by atoms with Gasteiger partial charge in [-0.1, -0.05) is 11.6 Å². The summed E-state index contributed by atoms with van der Waals surface area (Å²) in [7, 11) is 0. The highest BCUT2D eigenvalue weighted by Crippen LogP contribution is 2.27. The maximum Gasteiger partial charge on any atom is 0.414 e. The number of hydrogen-bond acceptors (Lipinski definition) is 7. The Bertz CT molecular complexity index is 1060. The molecule has 0 saturated carbocycles. The maximum absolute atomic E-state index is 12.7. The van der Waals surface area contributed by atoms with Crippen molar-refractivity contribution < 1.29 is 28.7 Å². The number of nitrogens with zero attached hydrogens (tertiary/aromatic N) is 3. The molecule has 11 heteroatoms. The van der Waals surface area contributed by atoms with Crippen LogP contribution in [0, 0.1) is 0 Å². The molecular weight excluding hydrogens is 458 g/mol. The number of hydrogen-bond donors (Lipinski definition) is 0. The number of benzene rings is 1. The Balaban J connectivity index is 1.43. The van der Waals surface area contributed by atoms with Crippen molar-refractivity contribution in [3.05, 3.63) is 45.6 Å². The maximum atomic E-state index is 12.7. The largest absolute Gasteiger partial charge is 0.442 e. The number of amides is 4. The smallest absolute Gasteiger partial charge is 0.414 e. The average molecular weight is 478 g/mol. The molecule has 0 radical (unpaired) electrons. The van der Waals surface area contributed by atoms with Gasteiger partial charge in [-0.25, -0.2) is 4.79 Å². The molecule has 0 aliphatic carbocycles. The van der Waals surface area contributed by atoms with Crippen LogP contribution in [-0.2, 0) is 19.1 Å². The molecule has 1 aromatic heterocycles. The summed E-state index contributed by atoms with van der Waals surface area (Å²) in [6.07, 6.45) is -1.24. The van der Waals surface area contributed by atoms with E-state index in [1.165, 1.54) is 11.8 Å². The first-order valence-corrected chi connectivity index (χ1v) is 11.1. The van der Waals surface area contributed by atoms with E-state index in [-0.39, 0.29) is 25.6 Å². The van der Waals surface area contributed by atoms with Crippen LogP contribution >= 0.6 is 22.9 Å². The van der Waals surface area contributed by atoms with E-state index in [0.717, 1.165) is 16.2 Å². The predicted octanol–water partition coefficient (Wildman–Crippen LogP) is 2.78. The van der Waals surface area contributed by atoms with E-state index in [1.807, 2.05) is 0 Å². The standard InChI is InChI=1S/C21H20ClN3O6S/c1-13(26)24(20(28)17-6-7-18(22)32-17)10-16-11-25(21(29)31-16)15-4-2-14(3-5-15)23-8-9-30-12-19(23)27/h2-7,16H,8-12H2,1H3/t16-/m0/s1. The van der Waals surface area contributed by atoms with E-state index in [1.54, 1.807) is 41.3 Å². The van der Waals surface area contributed by atoms with Gasteiger partial charge in [0.25, 0.3) is 11.8 Å². The number of carbonyl (C=O) groups excluding carboxylic acids is 4. The molecule has 2 aliphatic rings. The van der Waals surface area contributed by atoms with E-state index in [0.29, 0.717) is 33.7 Å². The highest BCUT2D eigenvalue weighted by molar-refractivity contribution is 7.18. The molecule has 4 amide bonds. The number of anilines is 2. The van der Waals surface area contributed by atoms with Crippen LogP contribution in [0.4, 0.5) is 16.2 Å². The molecule has 32 heavy (non-hydrogen) atoms. The summed E-state index contributed by atoms with van der Waals surface area (Å²) in [4.78, 5) is 53.7. The second-order valence-electron chi connectivity index (χ2n) is 7.27.